The van der Waals surface area contributed by atoms with Crippen LogP contribution in [0, 0.1) is 0 Å². The van der Waals surface area contributed by atoms with Crippen LogP contribution >= 0.6 is 0 Å². The van der Waals surface area contributed by atoms with E-state index in [9.17, 15) is 26.4 Å². The number of sulfonamides is 1. The van der Waals surface area contributed by atoms with E-state index in [2.05, 4.69) is 4.74 Å². The summed E-state index contributed by atoms with van der Waals surface area (Å²) in [6.07, 6.45) is -5.07. The summed E-state index contributed by atoms with van der Waals surface area (Å²) in [6.45, 7) is -0.176. The first kappa shape index (κ1) is 20.7. The zero-order valence-electron chi connectivity index (χ0n) is 14.0. The van der Waals surface area contributed by atoms with Crippen LogP contribution in [-0.4, -0.2) is 31.5 Å². The summed E-state index contributed by atoms with van der Waals surface area (Å²) in [5.41, 5.74) is 5.79. The number of hydrogen-bond donors (Lipinski definition) is 1. The van der Waals surface area contributed by atoms with Crippen molar-refractivity contribution >= 4 is 15.9 Å². The van der Waals surface area contributed by atoms with Crippen LogP contribution in [0.25, 0.3) is 0 Å². The highest BCUT2D eigenvalue weighted by Crippen LogP contribution is 2.25. The molecule has 0 aromatic heterocycles. The maximum Gasteiger partial charge on any atom is 0.573 e. The molecule has 0 aliphatic carbocycles. The van der Waals surface area contributed by atoms with Gasteiger partial charge in [0.1, 0.15) is 5.75 Å². The monoisotopic (exact) mass is 402 g/mol. The summed E-state index contributed by atoms with van der Waals surface area (Å²) < 4.78 is 67.2. The Kier molecular flexibility index (Phi) is 6.45. The average Bonchev–Trinajstić information content (AvgIpc) is 2.58. The SMILES string of the molecule is NC(=O)CCN(Cc1ccccc1)S(=O)(=O)c1ccc(OC(F)(F)F)cc1. The van der Waals surface area contributed by atoms with Crippen LogP contribution in [0.1, 0.15) is 12.0 Å². The van der Waals surface area contributed by atoms with Gasteiger partial charge in [-0.25, -0.2) is 8.42 Å². The molecule has 0 radical (unpaired) electrons. The number of amides is 1. The fourth-order valence-corrected chi connectivity index (χ4v) is 3.70. The number of hydrogen-bond acceptors (Lipinski definition) is 4. The second-order valence-electron chi connectivity index (χ2n) is 5.56. The Bertz CT molecular complexity index is 869. The topological polar surface area (TPSA) is 89.7 Å². The number of benzene rings is 2. The van der Waals surface area contributed by atoms with Crippen molar-refractivity contribution in [2.24, 2.45) is 5.73 Å². The average molecular weight is 402 g/mol. The molecule has 2 rings (SSSR count). The number of carbonyl (C=O) groups excluding carboxylic acids is 1. The van der Waals surface area contributed by atoms with Crippen LogP contribution in [0.3, 0.4) is 0 Å². The summed E-state index contributed by atoms with van der Waals surface area (Å²) in [6, 6.07) is 12.5. The van der Waals surface area contributed by atoms with Crippen molar-refractivity contribution in [2.45, 2.75) is 24.2 Å². The number of ether oxygens (including phenoxy) is 1. The lowest BCUT2D eigenvalue weighted by Crippen LogP contribution is -2.33. The third kappa shape index (κ3) is 6.26. The molecule has 2 aromatic rings. The molecule has 0 fully saturated rings. The maximum absolute atomic E-state index is 12.9. The minimum atomic E-state index is -4.87. The third-order valence-electron chi connectivity index (χ3n) is 3.50. The smallest absolute Gasteiger partial charge is 0.406 e. The number of carbonyl (C=O) groups is 1. The van der Waals surface area contributed by atoms with Crippen LogP contribution in [0.4, 0.5) is 13.2 Å². The van der Waals surface area contributed by atoms with Crippen LogP contribution in [-0.2, 0) is 21.4 Å². The highest BCUT2D eigenvalue weighted by Gasteiger charge is 2.31. The van der Waals surface area contributed by atoms with Gasteiger partial charge in [0.05, 0.1) is 4.90 Å². The van der Waals surface area contributed by atoms with Gasteiger partial charge in [-0.05, 0) is 29.8 Å². The summed E-state index contributed by atoms with van der Waals surface area (Å²) in [5, 5.41) is 0. The van der Waals surface area contributed by atoms with Gasteiger partial charge in [-0.2, -0.15) is 4.31 Å². The Morgan fingerprint density at radius 1 is 1.04 bits per heavy atom. The molecule has 0 aliphatic rings. The summed E-state index contributed by atoms with van der Waals surface area (Å²) >= 11 is 0. The summed E-state index contributed by atoms with van der Waals surface area (Å²) in [7, 11) is -4.07. The fourth-order valence-electron chi connectivity index (χ4n) is 2.27. The van der Waals surface area contributed by atoms with E-state index in [0.717, 1.165) is 28.6 Å². The van der Waals surface area contributed by atoms with Crippen molar-refractivity contribution in [3.05, 3.63) is 60.2 Å². The molecule has 0 saturated carbocycles. The zero-order valence-corrected chi connectivity index (χ0v) is 14.8. The molecule has 27 heavy (non-hydrogen) atoms. The minimum absolute atomic E-state index is 0.0166. The maximum atomic E-state index is 12.9. The van der Waals surface area contributed by atoms with E-state index in [0.29, 0.717) is 5.56 Å². The first-order valence-electron chi connectivity index (χ1n) is 7.76. The lowest BCUT2D eigenvalue weighted by Gasteiger charge is -2.22. The number of rotatable bonds is 8. The Hall–Kier alpha value is -2.59. The lowest BCUT2D eigenvalue weighted by atomic mass is 10.2. The summed E-state index contributed by atoms with van der Waals surface area (Å²) in [4.78, 5) is 10.9. The van der Waals surface area contributed by atoms with E-state index in [1.54, 1.807) is 30.3 Å². The van der Waals surface area contributed by atoms with E-state index in [1.807, 2.05) is 0 Å². The van der Waals surface area contributed by atoms with Crippen molar-refractivity contribution in [3.8, 4) is 5.75 Å². The second kappa shape index (κ2) is 8.40. The fraction of sp³-hybridized carbons (Fsp3) is 0.235. The first-order chi connectivity index (χ1) is 12.6. The van der Waals surface area contributed by atoms with E-state index in [-0.39, 0.29) is 24.4 Å². The third-order valence-corrected chi connectivity index (χ3v) is 5.36. The molecule has 1 amide bonds. The molecule has 2 aromatic carbocycles. The van der Waals surface area contributed by atoms with Gasteiger partial charge in [-0.3, -0.25) is 4.79 Å². The molecule has 6 nitrogen and oxygen atoms in total. The Morgan fingerprint density at radius 3 is 2.15 bits per heavy atom. The number of nitrogens with two attached hydrogens (primary N) is 1. The van der Waals surface area contributed by atoms with Gasteiger partial charge in [-0.1, -0.05) is 30.3 Å². The van der Waals surface area contributed by atoms with Crippen LogP contribution in [0.15, 0.2) is 59.5 Å². The molecular formula is C17H17F3N2O4S. The quantitative estimate of drug-likeness (QED) is 0.735. The van der Waals surface area contributed by atoms with Crippen molar-refractivity contribution in [3.63, 3.8) is 0 Å². The van der Waals surface area contributed by atoms with Gasteiger partial charge in [0.25, 0.3) is 0 Å². The van der Waals surface area contributed by atoms with Gasteiger partial charge in [0.15, 0.2) is 0 Å². The number of halogens is 3. The molecule has 0 bridgehead atoms. The Labute approximate surface area is 154 Å². The molecule has 2 N–H and O–H groups in total. The Morgan fingerprint density at radius 2 is 1.63 bits per heavy atom. The first-order valence-corrected chi connectivity index (χ1v) is 9.20. The van der Waals surface area contributed by atoms with E-state index >= 15 is 0 Å². The minimum Gasteiger partial charge on any atom is -0.406 e. The normalized spacial score (nSPS) is 12.1. The molecule has 0 atom stereocenters. The Balaban J connectivity index is 2.27. The van der Waals surface area contributed by atoms with E-state index in [4.69, 9.17) is 5.73 Å². The standard InChI is InChI=1S/C17H17F3N2O4S/c18-17(19,20)26-14-6-8-15(9-7-14)27(24,25)22(11-10-16(21)23)12-13-4-2-1-3-5-13/h1-9H,10-12H2,(H2,21,23). The lowest BCUT2D eigenvalue weighted by molar-refractivity contribution is -0.274. The predicted octanol–water partition coefficient (Wildman–Crippen LogP) is 2.65. The highest BCUT2D eigenvalue weighted by molar-refractivity contribution is 7.89. The molecular weight excluding hydrogens is 385 g/mol. The van der Waals surface area contributed by atoms with Crippen LogP contribution in [0.5, 0.6) is 5.75 Å². The molecule has 0 spiro atoms. The van der Waals surface area contributed by atoms with Gasteiger partial charge < -0.3 is 10.5 Å². The predicted molar refractivity (Wildman–Crippen MR) is 91.0 cm³/mol. The van der Waals surface area contributed by atoms with Gasteiger partial charge >= 0.3 is 6.36 Å². The van der Waals surface area contributed by atoms with E-state index in [1.165, 1.54) is 0 Å². The molecule has 0 aliphatic heterocycles. The molecule has 0 unspecified atom stereocenters. The van der Waals surface area contributed by atoms with Crippen molar-refractivity contribution in [1.82, 2.24) is 4.31 Å². The zero-order chi connectivity index (χ0) is 20.1. The van der Waals surface area contributed by atoms with E-state index < -0.39 is 28.0 Å². The van der Waals surface area contributed by atoms with Crippen molar-refractivity contribution < 1.29 is 31.1 Å². The molecule has 10 heteroatoms. The number of primary amides is 1. The van der Waals surface area contributed by atoms with Crippen LogP contribution in [0.2, 0.25) is 0 Å². The molecule has 0 heterocycles. The number of nitrogens with zero attached hydrogens (tertiary/aromatic N) is 1. The summed E-state index contributed by atoms with van der Waals surface area (Å²) in [5.74, 6) is -1.20. The van der Waals surface area contributed by atoms with Gasteiger partial charge in [0.2, 0.25) is 15.9 Å². The van der Waals surface area contributed by atoms with Crippen LogP contribution < -0.4 is 10.5 Å². The van der Waals surface area contributed by atoms with Crippen molar-refractivity contribution in [2.75, 3.05) is 6.54 Å². The van der Waals surface area contributed by atoms with Gasteiger partial charge in [-0.15, -0.1) is 13.2 Å². The second-order valence-corrected chi connectivity index (χ2v) is 7.50. The highest BCUT2D eigenvalue weighted by atomic mass is 32.2. The number of alkyl halides is 3. The van der Waals surface area contributed by atoms with Gasteiger partial charge in [0, 0.05) is 19.5 Å². The molecule has 0 saturated heterocycles. The largest absolute Gasteiger partial charge is 0.573 e. The molecule has 146 valence electrons. The van der Waals surface area contributed by atoms with Crippen molar-refractivity contribution in [1.29, 1.82) is 0 Å².